The quantitative estimate of drug-likeness (QED) is 0.679. The van der Waals surface area contributed by atoms with Crippen LogP contribution in [0.4, 0.5) is 0 Å². The van der Waals surface area contributed by atoms with Crippen molar-refractivity contribution < 1.29 is 4.21 Å². The van der Waals surface area contributed by atoms with Crippen LogP contribution in [0.25, 0.3) is 5.52 Å². The van der Waals surface area contributed by atoms with Crippen molar-refractivity contribution in [1.82, 2.24) is 9.38 Å². The fraction of sp³-hybridized carbons (Fsp3) is 0.133. The Kier molecular flexibility index (Phi) is 4.18. The van der Waals surface area contributed by atoms with E-state index >= 15 is 0 Å². The molecule has 0 aliphatic carbocycles. The van der Waals surface area contributed by atoms with Crippen LogP contribution in [0.5, 0.6) is 0 Å². The number of nitrogens with zero attached hydrogens (tertiary/aromatic N) is 2. The van der Waals surface area contributed by atoms with Gasteiger partial charge in [-0.25, -0.2) is 4.98 Å². The highest BCUT2D eigenvalue weighted by Crippen LogP contribution is 2.19. The first-order chi connectivity index (χ1) is 9.84. The molecule has 2 heterocycles. The second-order valence-electron chi connectivity index (χ2n) is 4.25. The van der Waals surface area contributed by atoms with E-state index in [1.807, 2.05) is 60.9 Å². The Bertz CT molecular complexity index is 725. The third-order valence-electron chi connectivity index (χ3n) is 2.91. The average Bonchev–Trinajstić information content (AvgIpc) is 2.92. The molecule has 102 valence electrons. The predicted octanol–water partition coefficient (Wildman–Crippen LogP) is 3.23. The number of rotatable bonds is 5. The lowest BCUT2D eigenvalue weighted by molar-refractivity contribution is 0.684. The number of aromatic nitrogens is 2. The highest BCUT2D eigenvalue weighted by molar-refractivity contribution is 8.00. The lowest BCUT2D eigenvalue weighted by Crippen LogP contribution is -2.01. The molecule has 2 aromatic heterocycles. The van der Waals surface area contributed by atoms with Crippen LogP contribution in [-0.2, 0) is 10.8 Å². The molecule has 0 saturated carbocycles. The number of imidazole rings is 1. The number of hydrogen-bond donors (Lipinski definition) is 0. The minimum Gasteiger partial charge on any atom is -0.295 e. The van der Waals surface area contributed by atoms with Crippen LogP contribution in [0.2, 0.25) is 0 Å². The first kappa shape index (κ1) is 13.4. The molecule has 3 rings (SSSR count). The lowest BCUT2D eigenvalue weighted by atomic mass is 10.4. The molecule has 1 atom stereocenters. The van der Waals surface area contributed by atoms with Gasteiger partial charge >= 0.3 is 0 Å². The molecule has 3 aromatic rings. The minimum absolute atomic E-state index is 0.635. The van der Waals surface area contributed by atoms with Gasteiger partial charge in [-0.05, 0) is 24.3 Å². The van der Waals surface area contributed by atoms with E-state index in [0.29, 0.717) is 5.75 Å². The molecule has 5 heteroatoms. The summed E-state index contributed by atoms with van der Waals surface area (Å²) in [7, 11) is -0.936. The van der Waals surface area contributed by atoms with Gasteiger partial charge in [0.25, 0.3) is 0 Å². The fourth-order valence-electron chi connectivity index (χ4n) is 1.92. The summed E-state index contributed by atoms with van der Waals surface area (Å²) in [4.78, 5) is 5.28. The topological polar surface area (TPSA) is 34.4 Å². The Morgan fingerprint density at radius 1 is 1.10 bits per heavy atom. The summed E-state index contributed by atoms with van der Waals surface area (Å²) >= 11 is 1.64. The van der Waals surface area contributed by atoms with Crippen molar-refractivity contribution >= 4 is 28.1 Å². The van der Waals surface area contributed by atoms with E-state index < -0.39 is 10.8 Å². The summed E-state index contributed by atoms with van der Waals surface area (Å²) < 4.78 is 14.2. The highest BCUT2D eigenvalue weighted by Gasteiger charge is 2.06. The molecule has 0 unspecified atom stereocenters. The van der Waals surface area contributed by atoms with E-state index in [-0.39, 0.29) is 0 Å². The molecule has 0 bridgehead atoms. The van der Waals surface area contributed by atoms with E-state index in [1.165, 1.54) is 0 Å². The molecule has 0 spiro atoms. The van der Waals surface area contributed by atoms with Crippen LogP contribution in [0.1, 0.15) is 0 Å². The van der Waals surface area contributed by atoms with E-state index in [1.54, 1.807) is 11.8 Å². The maximum atomic E-state index is 12.1. The standard InChI is InChI=1S/C15H14N2OS2/c18-20(14-7-2-1-3-8-14)11-10-19-15-16-12-13-6-4-5-9-17(13)15/h1-9,12H,10-11H2/t20-/m1/s1. The fourth-order valence-corrected chi connectivity index (χ4v) is 4.18. The summed E-state index contributed by atoms with van der Waals surface area (Å²) in [5.41, 5.74) is 1.08. The third-order valence-corrected chi connectivity index (χ3v) is 5.51. The third kappa shape index (κ3) is 2.94. The Labute approximate surface area is 124 Å². The van der Waals surface area contributed by atoms with Gasteiger partial charge in [-0.15, -0.1) is 0 Å². The molecular weight excluding hydrogens is 288 g/mol. The summed E-state index contributed by atoms with van der Waals surface area (Å²) in [6.07, 6.45) is 3.86. The van der Waals surface area contributed by atoms with Gasteiger partial charge < -0.3 is 0 Å². The molecular formula is C15H14N2OS2. The Hall–Kier alpha value is -1.59. The van der Waals surface area contributed by atoms with Crippen molar-refractivity contribution in [3.8, 4) is 0 Å². The SMILES string of the molecule is O=[S@](CCSc1ncc2ccccn12)c1ccccc1. The first-order valence-corrected chi connectivity index (χ1v) is 8.63. The van der Waals surface area contributed by atoms with Gasteiger partial charge in [0.15, 0.2) is 5.16 Å². The largest absolute Gasteiger partial charge is 0.295 e. The normalized spacial score (nSPS) is 12.6. The number of pyridine rings is 1. The molecule has 0 amide bonds. The number of benzene rings is 1. The number of hydrogen-bond acceptors (Lipinski definition) is 3. The van der Waals surface area contributed by atoms with E-state index in [9.17, 15) is 4.21 Å². The zero-order valence-corrected chi connectivity index (χ0v) is 12.4. The summed E-state index contributed by atoms with van der Waals surface area (Å²) in [5.74, 6) is 1.42. The highest BCUT2D eigenvalue weighted by atomic mass is 32.2. The second-order valence-corrected chi connectivity index (χ2v) is 6.88. The number of fused-ring (bicyclic) bond motifs is 1. The Morgan fingerprint density at radius 3 is 2.75 bits per heavy atom. The summed E-state index contributed by atoms with van der Waals surface area (Å²) in [6.45, 7) is 0. The van der Waals surface area contributed by atoms with Gasteiger partial charge in [-0.1, -0.05) is 36.0 Å². The van der Waals surface area contributed by atoms with Gasteiger partial charge in [-0.2, -0.15) is 0 Å². The molecule has 0 fully saturated rings. The predicted molar refractivity (Wildman–Crippen MR) is 83.6 cm³/mol. The maximum Gasteiger partial charge on any atom is 0.172 e. The zero-order valence-electron chi connectivity index (χ0n) is 10.8. The van der Waals surface area contributed by atoms with Crippen molar-refractivity contribution in [2.45, 2.75) is 10.1 Å². The molecule has 0 N–H and O–H groups in total. The monoisotopic (exact) mass is 302 g/mol. The first-order valence-electron chi connectivity index (χ1n) is 6.33. The van der Waals surface area contributed by atoms with Crippen LogP contribution >= 0.6 is 11.8 Å². The van der Waals surface area contributed by atoms with Crippen molar-refractivity contribution in [3.63, 3.8) is 0 Å². The van der Waals surface area contributed by atoms with Gasteiger partial charge in [0.05, 0.1) is 22.5 Å². The number of thioether (sulfide) groups is 1. The molecule has 0 aliphatic rings. The Balaban J connectivity index is 1.62. The molecule has 20 heavy (non-hydrogen) atoms. The minimum atomic E-state index is -0.936. The van der Waals surface area contributed by atoms with Crippen molar-refractivity contribution in [2.24, 2.45) is 0 Å². The van der Waals surface area contributed by atoms with Crippen molar-refractivity contribution in [2.75, 3.05) is 11.5 Å². The van der Waals surface area contributed by atoms with Crippen LogP contribution in [0, 0.1) is 0 Å². The molecule has 0 radical (unpaired) electrons. The average molecular weight is 302 g/mol. The molecule has 0 saturated heterocycles. The lowest BCUT2D eigenvalue weighted by Gasteiger charge is -2.02. The van der Waals surface area contributed by atoms with Gasteiger partial charge in [0.2, 0.25) is 0 Å². The van der Waals surface area contributed by atoms with Gasteiger partial charge in [-0.3, -0.25) is 8.61 Å². The van der Waals surface area contributed by atoms with Crippen LogP contribution < -0.4 is 0 Å². The van der Waals surface area contributed by atoms with E-state index in [2.05, 4.69) is 9.38 Å². The van der Waals surface area contributed by atoms with Gasteiger partial charge in [0, 0.05) is 22.6 Å². The molecule has 3 nitrogen and oxygen atoms in total. The van der Waals surface area contributed by atoms with Crippen molar-refractivity contribution in [1.29, 1.82) is 0 Å². The Morgan fingerprint density at radius 2 is 1.90 bits per heavy atom. The molecule has 0 aliphatic heterocycles. The van der Waals surface area contributed by atoms with Gasteiger partial charge in [0.1, 0.15) is 0 Å². The molecule has 1 aromatic carbocycles. The van der Waals surface area contributed by atoms with Crippen molar-refractivity contribution in [3.05, 3.63) is 60.9 Å². The van der Waals surface area contributed by atoms with E-state index in [4.69, 9.17) is 0 Å². The van der Waals surface area contributed by atoms with Crippen LogP contribution in [0.15, 0.2) is 71.0 Å². The zero-order chi connectivity index (χ0) is 13.8. The van der Waals surface area contributed by atoms with Crippen LogP contribution in [0.3, 0.4) is 0 Å². The maximum absolute atomic E-state index is 12.1. The second kappa shape index (κ2) is 6.24. The van der Waals surface area contributed by atoms with Crippen LogP contribution in [-0.4, -0.2) is 25.1 Å². The summed E-state index contributed by atoms with van der Waals surface area (Å²) in [5, 5.41) is 0.950. The summed E-state index contributed by atoms with van der Waals surface area (Å²) in [6, 6.07) is 15.6. The smallest absolute Gasteiger partial charge is 0.172 e. The van der Waals surface area contributed by atoms with E-state index in [0.717, 1.165) is 21.3 Å².